The third-order valence-corrected chi connectivity index (χ3v) is 10.1. The number of nitro groups is 1. The Balaban J connectivity index is 1.39. The van der Waals surface area contributed by atoms with Gasteiger partial charge < -0.3 is 5.32 Å². The van der Waals surface area contributed by atoms with E-state index in [-0.39, 0.29) is 22.8 Å². The monoisotopic (exact) mass is 620 g/mol. The fourth-order valence-electron chi connectivity index (χ4n) is 5.24. The number of hydrogen-bond acceptors (Lipinski definition) is 8. The Kier molecular flexibility index (Phi) is 7.21. The number of non-ortho nitro benzene ring substituents is 1. The van der Waals surface area contributed by atoms with Crippen molar-refractivity contribution in [2.45, 2.75) is 29.7 Å². The molecule has 0 radical (unpaired) electrons. The number of benzene rings is 3. The SMILES string of the molecule is Cc1ccc(NC(=O)Cn2c3c(sc2=O)[C@H](c2ccc(Cl)cc2)C2C(=O)N(c4ccc([N+](=O)[O-])cc4)C(=O)C2S3)cc1. The summed E-state index contributed by atoms with van der Waals surface area (Å²) in [5, 5.41) is 14.0. The average Bonchev–Trinajstić information content (AvgIpc) is 3.41. The van der Waals surface area contributed by atoms with Gasteiger partial charge in [0.2, 0.25) is 17.7 Å². The maximum atomic E-state index is 13.9. The van der Waals surface area contributed by atoms with E-state index >= 15 is 0 Å². The molecule has 42 heavy (non-hydrogen) atoms. The highest BCUT2D eigenvalue weighted by atomic mass is 35.5. The number of anilines is 2. The zero-order valence-electron chi connectivity index (χ0n) is 21.9. The molecular weight excluding hydrogens is 600 g/mol. The number of amides is 3. The number of rotatable bonds is 6. The Bertz CT molecular complexity index is 1800. The summed E-state index contributed by atoms with van der Waals surface area (Å²) in [5.41, 5.74) is 2.37. The topological polar surface area (TPSA) is 132 Å². The predicted molar refractivity (Wildman–Crippen MR) is 160 cm³/mol. The van der Waals surface area contributed by atoms with Crippen molar-refractivity contribution in [1.29, 1.82) is 0 Å². The number of imide groups is 1. The molecule has 212 valence electrons. The molecule has 3 heterocycles. The van der Waals surface area contributed by atoms with Gasteiger partial charge in [-0.25, -0.2) is 4.90 Å². The molecule has 6 rings (SSSR count). The fraction of sp³-hybridized carbons (Fsp3) is 0.172. The number of nitrogens with one attached hydrogen (secondary N) is 1. The van der Waals surface area contributed by atoms with Crippen LogP contribution in [-0.2, 0) is 20.9 Å². The first-order chi connectivity index (χ1) is 20.1. The Labute approximate surface area is 252 Å². The molecule has 0 saturated carbocycles. The van der Waals surface area contributed by atoms with E-state index < -0.39 is 39.7 Å². The van der Waals surface area contributed by atoms with Crippen LogP contribution in [0.15, 0.2) is 82.6 Å². The van der Waals surface area contributed by atoms with Crippen LogP contribution in [0.3, 0.4) is 0 Å². The summed E-state index contributed by atoms with van der Waals surface area (Å²) < 4.78 is 1.35. The van der Waals surface area contributed by atoms with Crippen LogP contribution in [0.1, 0.15) is 21.9 Å². The first kappa shape index (κ1) is 27.9. The molecule has 1 fully saturated rings. The first-order valence-electron chi connectivity index (χ1n) is 12.8. The average molecular weight is 621 g/mol. The lowest BCUT2D eigenvalue weighted by atomic mass is 9.83. The second kappa shape index (κ2) is 10.9. The molecular formula is C29H21ClN4O6S2. The quantitative estimate of drug-likeness (QED) is 0.178. The van der Waals surface area contributed by atoms with Gasteiger partial charge in [0, 0.05) is 33.6 Å². The second-order valence-corrected chi connectivity index (χ2v) is 12.5. The van der Waals surface area contributed by atoms with Crippen molar-refractivity contribution in [3.8, 4) is 0 Å². The van der Waals surface area contributed by atoms with Gasteiger partial charge in [0.15, 0.2) is 0 Å². The summed E-state index contributed by atoms with van der Waals surface area (Å²) in [4.78, 5) is 65.8. The van der Waals surface area contributed by atoms with Crippen molar-refractivity contribution < 1.29 is 19.3 Å². The van der Waals surface area contributed by atoms with Crippen molar-refractivity contribution in [3.05, 3.63) is 114 Å². The van der Waals surface area contributed by atoms with Gasteiger partial charge in [-0.15, -0.1) is 0 Å². The van der Waals surface area contributed by atoms with Crippen molar-refractivity contribution in [1.82, 2.24) is 4.57 Å². The largest absolute Gasteiger partial charge is 0.325 e. The van der Waals surface area contributed by atoms with Gasteiger partial charge in [0.1, 0.15) is 11.8 Å². The maximum Gasteiger partial charge on any atom is 0.308 e. The van der Waals surface area contributed by atoms with E-state index in [9.17, 15) is 29.3 Å². The van der Waals surface area contributed by atoms with Gasteiger partial charge in [-0.2, -0.15) is 0 Å². The van der Waals surface area contributed by atoms with Gasteiger partial charge in [-0.3, -0.25) is 33.9 Å². The van der Waals surface area contributed by atoms with E-state index in [4.69, 9.17) is 11.6 Å². The standard InChI is InChI=1S/C29H21ClN4O6S2/c1-15-2-8-18(9-3-15)31-21(35)14-32-28-25(42-29(32)38)22(16-4-6-17(30)7-5-16)23-24(41-28)27(37)33(26(23)36)19-10-12-20(13-11-19)34(39)40/h2-13,22-24H,14H2,1H3,(H,31,35)/t22-,23?,24?/m1/s1. The van der Waals surface area contributed by atoms with Crippen LogP contribution in [0.5, 0.6) is 0 Å². The summed E-state index contributed by atoms with van der Waals surface area (Å²) in [6.45, 7) is 1.66. The van der Waals surface area contributed by atoms with Gasteiger partial charge in [-0.1, -0.05) is 64.5 Å². The number of nitro benzene ring substituents is 1. The Hall–Kier alpha value is -4.26. The highest BCUT2D eigenvalue weighted by Crippen LogP contribution is 2.54. The lowest BCUT2D eigenvalue weighted by Gasteiger charge is -2.30. The van der Waals surface area contributed by atoms with E-state index in [0.29, 0.717) is 26.2 Å². The van der Waals surface area contributed by atoms with Crippen molar-refractivity contribution >= 4 is 69.5 Å². The molecule has 2 unspecified atom stereocenters. The van der Waals surface area contributed by atoms with Crippen LogP contribution in [0, 0.1) is 23.0 Å². The number of carbonyl (C=O) groups is 3. The molecule has 3 amide bonds. The Morgan fingerprint density at radius 1 is 0.976 bits per heavy atom. The summed E-state index contributed by atoms with van der Waals surface area (Å²) in [7, 11) is 0. The van der Waals surface area contributed by atoms with E-state index in [1.54, 1.807) is 36.4 Å². The van der Waals surface area contributed by atoms with E-state index in [1.165, 1.54) is 28.8 Å². The number of aromatic nitrogens is 1. The van der Waals surface area contributed by atoms with Gasteiger partial charge >= 0.3 is 4.87 Å². The summed E-state index contributed by atoms with van der Waals surface area (Å²) in [5.74, 6) is -2.88. The van der Waals surface area contributed by atoms with Gasteiger partial charge in [0.05, 0.1) is 21.6 Å². The van der Waals surface area contributed by atoms with Crippen LogP contribution in [-0.4, -0.2) is 32.5 Å². The normalized spacial score (nSPS) is 19.4. The third-order valence-electron chi connectivity index (χ3n) is 7.23. The summed E-state index contributed by atoms with van der Waals surface area (Å²) >= 11 is 8.17. The summed E-state index contributed by atoms with van der Waals surface area (Å²) in [6.07, 6.45) is 0. The maximum absolute atomic E-state index is 13.9. The van der Waals surface area contributed by atoms with Crippen LogP contribution >= 0.6 is 34.7 Å². The predicted octanol–water partition coefficient (Wildman–Crippen LogP) is 5.21. The van der Waals surface area contributed by atoms with Crippen molar-refractivity contribution in [2.75, 3.05) is 10.2 Å². The highest BCUT2D eigenvalue weighted by Gasteiger charge is 2.56. The van der Waals surface area contributed by atoms with Crippen molar-refractivity contribution in [3.63, 3.8) is 0 Å². The first-order valence-corrected chi connectivity index (χ1v) is 14.8. The molecule has 1 N–H and O–H groups in total. The Morgan fingerprint density at radius 2 is 1.64 bits per heavy atom. The van der Waals surface area contributed by atoms with Gasteiger partial charge in [0.25, 0.3) is 5.69 Å². The molecule has 3 atom stereocenters. The molecule has 1 saturated heterocycles. The van der Waals surface area contributed by atoms with Gasteiger partial charge in [-0.05, 0) is 48.9 Å². The Morgan fingerprint density at radius 3 is 2.29 bits per heavy atom. The smallest absolute Gasteiger partial charge is 0.308 e. The van der Waals surface area contributed by atoms with Crippen LogP contribution in [0.2, 0.25) is 5.02 Å². The number of nitrogens with zero attached hydrogens (tertiary/aromatic N) is 3. The number of carbonyl (C=O) groups excluding carboxylic acids is 3. The highest BCUT2D eigenvalue weighted by molar-refractivity contribution is 8.00. The minimum atomic E-state index is -0.888. The molecule has 1 aromatic heterocycles. The van der Waals surface area contributed by atoms with Crippen LogP contribution in [0.25, 0.3) is 0 Å². The number of thioether (sulfide) groups is 1. The number of aryl methyl sites for hydroxylation is 1. The molecule has 3 aromatic carbocycles. The molecule has 10 nitrogen and oxygen atoms in total. The lowest BCUT2D eigenvalue weighted by Crippen LogP contribution is -2.33. The molecule has 13 heteroatoms. The van der Waals surface area contributed by atoms with E-state index in [1.807, 2.05) is 19.1 Å². The zero-order chi connectivity index (χ0) is 29.7. The molecule has 2 aliphatic heterocycles. The second-order valence-electron chi connectivity index (χ2n) is 9.92. The van der Waals surface area contributed by atoms with E-state index in [0.717, 1.165) is 33.6 Å². The van der Waals surface area contributed by atoms with E-state index in [2.05, 4.69) is 5.32 Å². The molecule has 2 aliphatic rings. The number of halogens is 1. The number of thiazole rings is 1. The van der Waals surface area contributed by atoms with Crippen molar-refractivity contribution in [2.24, 2.45) is 5.92 Å². The summed E-state index contributed by atoms with van der Waals surface area (Å²) in [6, 6.07) is 19.3. The number of hydrogen-bond donors (Lipinski definition) is 1. The minimum Gasteiger partial charge on any atom is -0.325 e. The lowest BCUT2D eigenvalue weighted by molar-refractivity contribution is -0.384. The zero-order valence-corrected chi connectivity index (χ0v) is 24.2. The molecule has 4 aromatic rings. The molecule has 0 aliphatic carbocycles. The van der Waals surface area contributed by atoms with Crippen LogP contribution in [0.4, 0.5) is 17.1 Å². The fourth-order valence-corrected chi connectivity index (χ4v) is 8.14. The third kappa shape index (κ3) is 4.91. The van der Waals surface area contributed by atoms with Crippen LogP contribution < -0.4 is 15.1 Å². The molecule has 0 spiro atoms. The number of fused-ring (bicyclic) bond motifs is 2. The molecule has 0 bridgehead atoms. The minimum absolute atomic E-state index is 0.168.